The van der Waals surface area contributed by atoms with Gasteiger partial charge < -0.3 is 15.2 Å². The van der Waals surface area contributed by atoms with Crippen molar-refractivity contribution in [1.82, 2.24) is 10.2 Å². The molecule has 1 aromatic carbocycles. The number of rotatable bonds is 6. The standard InChI is InChI=1S/C17H24F2N2O.C2H4O2/c18-17(19)22-16-8-4-1-5-13(16)12-21(14-6-2-3-7-14)15-9-10-20-11-15;1-2(3)4/h1,4-5,8,14-15,17,20H,2-3,6-7,9-12H2;1H3,(H,3,4)/t15-;/m0./s1. The van der Waals surface area contributed by atoms with E-state index in [2.05, 4.69) is 10.2 Å². The molecule has 146 valence electrons. The molecule has 1 aliphatic heterocycles. The Morgan fingerprint density at radius 2 is 1.92 bits per heavy atom. The van der Waals surface area contributed by atoms with Crippen LogP contribution in [0.2, 0.25) is 0 Å². The van der Waals surface area contributed by atoms with Crippen LogP contribution < -0.4 is 10.1 Å². The van der Waals surface area contributed by atoms with Crippen LogP contribution in [0.4, 0.5) is 8.78 Å². The minimum atomic E-state index is -2.77. The van der Waals surface area contributed by atoms with Crippen molar-refractivity contribution in [1.29, 1.82) is 0 Å². The largest absolute Gasteiger partial charge is 0.481 e. The van der Waals surface area contributed by atoms with Gasteiger partial charge in [0.1, 0.15) is 5.75 Å². The lowest BCUT2D eigenvalue weighted by Gasteiger charge is -2.34. The van der Waals surface area contributed by atoms with E-state index in [0.29, 0.717) is 24.4 Å². The van der Waals surface area contributed by atoms with Crippen molar-refractivity contribution >= 4 is 5.97 Å². The number of aliphatic carboxylic acids is 1. The molecule has 0 spiro atoms. The average molecular weight is 370 g/mol. The molecular formula is C19H28F2N2O3. The number of halogens is 2. The van der Waals surface area contributed by atoms with Gasteiger partial charge in [0.05, 0.1) is 0 Å². The number of hydrogen-bond acceptors (Lipinski definition) is 4. The van der Waals surface area contributed by atoms with Crippen LogP contribution >= 0.6 is 0 Å². The molecule has 1 heterocycles. The van der Waals surface area contributed by atoms with Crippen molar-refractivity contribution in [3.63, 3.8) is 0 Å². The highest BCUT2D eigenvalue weighted by atomic mass is 19.3. The summed E-state index contributed by atoms with van der Waals surface area (Å²) in [6.07, 6.45) is 6.12. The van der Waals surface area contributed by atoms with E-state index in [1.165, 1.54) is 25.7 Å². The molecule has 5 nitrogen and oxygen atoms in total. The van der Waals surface area contributed by atoms with Crippen LogP contribution in [0.25, 0.3) is 0 Å². The Kier molecular flexibility index (Phi) is 8.25. The van der Waals surface area contributed by atoms with Gasteiger partial charge in [0, 0.05) is 37.7 Å². The number of para-hydroxylation sites is 1. The summed E-state index contributed by atoms with van der Waals surface area (Å²) in [7, 11) is 0. The highest BCUT2D eigenvalue weighted by molar-refractivity contribution is 5.62. The number of carboxylic acids is 1. The lowest BCUT2D eigenvalue weighted by molar-refractivity contribution is -0.134. The monoisotopic (exact) mass is 370 g/mol. The predicted molar refractivity (Wildman–Crippen MR) is 95.5 cm³/mol. The summed E-state index contributed by atoms with van der Waals surface area (Å²) in [6, 6.07) is 8.27. The van der Waals surface area contributed by atoms with Crippen molar-refractivity contribution in [3.8, 4) is 5.75 Å². The Balaban J connectivity index is 0.000000552. The smallest absolute Gasteiger partial charge is 0.387 e. The predicted octanol–water partition coefficient (Wildman–Crippen LogP) is 3.49. The van der Waals surface area contributed by atoms with Gasteiger partial charge in [0.2, 0.25) is 0 Å². The van der Waals surface area contributed by atoms with Crippen molar-refractivity contribution in [2.45, 2.75) is 64.3 Å². The van der Waals surface area contributed by atoms with Crippen LogP contribution in [0.15, 0.2) is 24.3 Å². The fourth-order valence-corrected chi connectivity index (χ4v) is 3.76. The molecule has 0 aromatic heterocycles. The van der Waals surface area contributed by atoms with Crippen LogP contribution in [-0.2, 0) is 11.3 Å². The van der Waals surface area contributed by atoms with Gasteiger partial charge in [-0.25, -0.2) is 0 Å². The molecule has 1 aliphatic carbocycles. The third kappa shape index (κ3) is 6.53. The maximum atomic E-state index is 12.6. The van der Waals surface area contributed by atoms with Crippen LogP contribution in [0.5, 0.6) is 5.75 Å². The molecule has 26 heavy (non-hydrogen) atoms. The number of nitrogens with one attached hydrogen (secondary N) is 1. The molecule has 1 saturated heterocycles. The van der Waals surface area contributed by atoms with E-state index >= 15 is 0 Å². The maximum Gasteiger partial charge on any atom is 0.387 e. The molecule has 0 unspecified atom stereocenters. The number of alkyl halides is 2. The Bertz CT molecular complexity index is 539. The normalized spacial score (nSPS) is 20.3. The van der Waals surface area contributed by atoms with Crippen LogP contribution in [-0.4, -0.2) is 47.8 Å². The highest BCUT2D eigenvalue weighted by Crippen LogP contribution is 2.30. The van der Waals surface area contributed by atoms with Gasteiger partial charge in [0.15, 0.2) is 0 Å². The summed E-state index contributed by atoms with van der Waals surface area (Å²) in [5.41, 5.74) is 0.863. The number of nitrogens with zero attached hydrogens (tertiary/aromatic N) is 1. The summed E-state index contributed by atoms with van der Waals surface area (Å²) < 4.78 is 29.9. The molecule has 7 heteroatoms. The first kappa shape index (κ1) is 20.6. The highest BCUT2D eigenvalue weighted by Gasteiger charge is 2.31. The Morgan fingerprint density at radius 3 is 2.50 bits per heavy atom. The summed E-state index contributed by atoms with van der Waals surface area (Å²) in [6.45, 7) is 1.05. The summed E-state index contributed by atoms with van der Waals surface area (Å²) >= 11 is 0. The van der Waals surface area contributed by atoms with Crippen LogP contribution in [0.1, 0.15) is 44.6 Å². The number of hydrogen-bond donors (Lipinski definition) is 2. The number of benzene rings is 1. The molecular weight excluding hydrogens is 342 g/mol. The number of carboxylic acid groups (broad SMARTS) is 1. The van der Waals surface area contributed by atoms with Crippen molar-refractivity contribution in [3.05, 3.63) is 29.8 Å². The van der Waals surface area contributed by atoms with E-state index in [4.69, 9.17) is 14.6 Å². The zero-order valence-corrected chi connectivity index (χ0v) is 15.2. The molecule has 1 aromatic rings. The van der Waals surface area contributed by atoms with E-state index in [1.54, 1.807) is 12.1 Å². The zero-order valence-electron chi connectivity index (χ0n) is 15.2. The van der Waals surface area contributed by atoms with Crippen molar-refractivity contribution in [2.75, 3.05) is 13.1 Å². The number of ether oxygens (including phenoxy) is 1. The van der Waals surface area contributed by atoms with Gasteiger partial charge >= 0.3 is 6.61 Å². The first-order valence-corrected chi connectivity index (χ1v) is 9.16. The quantitative estimate of drug-likeness (QED) is 0.803. The Morgan fingerprint density at radius 1 is 1.27 bits per heavy atom. The fraction of sp³-hybridized carbons (Fsp3) is 0.632. The minimum absolute atomic E-state index is 0.312. The van der Waals surface area contributed by atoms with Gasteiger partial charge in [-0.2, -0.15) is 8.78 Å². The SMILES string of the molecule is CC(=O)O.FC(F)Oc1ccccc1CN(C1CCCC1)[C@H]1CCNC1. The van der Waals surface area contributed by atoms with Crippen LogP contribution in [0.3, 0.4) is 0 Å². The second-order valence-electron chi connectivity index (χ2n) is 6.76. The molecule has 2 aliphatic rings. The van der Waals surface area contributed by atoms with E-state index in [0.717, 1.165) is 32.0 Å². The molecule has 2 fully saturated rings. The van der Waals surface area contributed by atoms with Gasteiger partial charge in [-0.3, -0.25) is 9.69 Å². The van der Waals surface area contributed by atoms with Gasteiger partial charge in [-0.15, -0.1) is 0 Å². The van der Waals surface area contributed by atoms with Crippen molar-refractivity contribution in [2.24, 2.45) is 0 Å². The van der Waals surface area contributed by atoms with E-state index in [9.17, 15) is 8.78 Å². The topological polar surface area (TPSA) is 61.8 Å². The van der Waals surface area contributed by atoms with Gasteiger partial charge in [-0.05, 0) is 31.9 Å². The summed E-state index contributed by atoms with van der Waals surface area (Å²) in [5.74, 6) is -0.522. The molecule has 2 N–H and O–H groups in total. The third-order valence-electron chi connectivity index (χ3n) is 4.84. The lowest BCUT2D eigenvalue weighted by atomic mass is 10.1. The number of carbonyl (C=O) groups is 1. The summed E-state index contributed by atoms with van der Waals surface area (Å²) in [5, 5.41) is 10.8. The van der Waals surface area contributed by atoms with Crippen molar-refractivity contribution < 1.29 is 23.4 Å². The minimum Gasteiger partial charge on any atom is -0.481 e. The second-order valence-corrected chi connectivity index (χ2v) is 6.76. The molecule has 0 amide bonds. The lowest BCUT2D eigenvalue weighted by Crippen LogP contribution is -2.42. The fourth-order valence-electron chi connectivity index (χ4n) is 3.76. The third-order valence-corrected chi connectivity index (χ3v) is 4.84. The first-order chi connectivity index (χ1) is 12.5. The van der Waals surface area contributed by atoms with E-state index in [1.807, 2.05) is 12.1 Å². The maximum absolute atomic E-state index is 12.6. The molecule has 0 radical (unpaired) electrons. The average Bonchev–Trinajstić information content (AvgIpc) is 3.27. The van der Waals surface area contributed by atoms with Crippen LogP contribution in [0, 0.1) is 0 Å². The Hall–Kier alpha value is -1.73. The second kappa shape index (κ2) is 10.4. The molecule has 0 bridgehead atoms. The molecule has 1 saturated carbocycles. The first-order valence-electron chi connectivity index (χ1n) is 9.16. The molecule has 1 atom stereocenters. The summed E-state index contributed by atoms with van der Waals surface area (Å²) in [4.78, 5) is 11.5. The zero-order chi connectivity index (χ0) is 18.9. The Labute approximate surface area is 153 Å². The van der Waals surface area contributed by atoms with E-state index < -0.39 is 12.6 Å². The van der Waals surface area contributed by atoms with Gasteiger partial charge in [0.25, 0.3) is 5.97 Å². The van der Waals surface area contributed by atoms with E-state index in [-0.39, 0.29) is 0 Å². The molecule has 3 rings (SSSR count). The van der Waals surface area contributed by atoms with Gasteiger partial charge in [-0.1, -0.05) is 31.0 Å².